The summed E-state index contributed by atoms with van der Waals surface area (Å²) >= 11 is 6.09. The third-order valence-corrected chi connectivity index (χ3v) is 3.24. The average molecular weight is 311 g/mol. The second kappa shape index (κ2) is 9.23. The molecule has 1 amide bonds. The van der Waals surface area contributed by atoms with E-state index >= 15 is 0 Å². The van der Waals surface area contributed by atoms with Crippen LogP contribution in [0.4, 0.5) is 0 Å². The van der Waals surface area contributed by atoms with Gasteiger partial charge in [0.15, 0.2) is 5.96 Å². The number of carbonyl (C=O) groups excluding carboxylic acids is 1. The first kappa shape index (κ1) is 17.3. The van der Waals surface area contributed by atoms with Crippen molar-refractivity contribution in [2.75, 3.05) is 20.1 Å². The van der Waals surface area contributed by atoms with Gasteiger partial charge in [-0.05, 0) is 11.6 Å². The Morgan fingerprint density at radius 3 is 2.48 bits per heavy atom. The van der Waals surface area contributed by atoms with Gasteiger partial charge in [0.2, 0.25) is 5.91 Å². The molecule has 116 valence electrons. The normalized spacial score (nSPS) is 11.4. The summed E-state index contributed by atoms with van der Waals surface area (Å²) in [6.07, 6.45) is 0. The van der Waals surface area contributed by atoms with E-state index < -0.39 is 0 Å². The highest BCUT2D eigenvalue weighted by molar-refractivity contribution is 6.31. The molecule has 0 bridgehead atoms. The fourth-order valence-corrected chi connectivity index (χ4v) is 1.81. The van der Waals surface area contributed by atoms with Crippen LogP contribution in [0, 0.1) is 5.92 Å². The van der Waals surface area contributed by atoms with Gasteiger partial charge in [0, 0.05) is 37.6 Å². The van der Waals surface area contributed by atoms with E-state index in [0.29, 0.717) is 25.6 Å². The van der Waals surface area contributed by atoms with Crippen LogP contribution in [0.15, 0.2) is 29.3 Å². The van der Waals surface area contributed by atoms with Crippen LogP contribution >= 0.6 is 11.6 Å². The molecule has 0 unspecified atom stereocenters. The second-order valence-electron chi connectivity index (χ2n) is 4.89. The Balaban J connectivity index is 2.30. The summed E-state index contributed by atoms with van der Waals surface area (Å²) in [5.41, 5.74) is 1.01. The first-order chi connectivity index (χ1) is 10.0. The van der Waals surface area contributed by atoms with Crippen molar-refractivity contribution >= 4 is 23.5 Å². The van der Waals surface area contributed by atoms with Crippen molar-refractivity contribution < 1.29 is 4.79 Å². The molecule has 1 rings (SSSR count). The van der Waals surface area contributed by atoms with Gasteiger partial charge in [-0.25, -0.2) is 0 Å². The summed E-state index contributed by atoms with van der Waals surface area (Å²) in [6.45, 7) is 5.50. The highest BCUT2D eigenvalue weighted by Crippen LogP contribution is 2.13. The van der Waals surface area contributed by atoms with E-state index in [0.717, 1.165) is 10.6 Å². The fraction of sp³-hybridized carbons (Fsp3) is 0.467. The molecule has 1 aromatic carbocycles. The Labute approximate surface area is 131 Å². The topological polar surface area (TPSA) is 65.5 Å². The number of guanidine groups is 1. The van der Waals surface area contributed by atoms with E-state index in [4.69, 9.17) is 11.6 Å². The van der Waals surface area contributed by atoms with Gasteiger partial charge in [-0.2, -0.15) is 0 Å². The standard InChI is InChI=1S/C15H23ClN4O/c1-11(2)14(21)18-8-9-19-15(17-3)20-10-12-6-4-5-7-13(12)16/h4-7,11H,8-10H2,1-3H3,(H,18,21)(H2,17,19,20). The number of benzene rings is 1. The van der Waals surface area contributed by atoms with Crippen molar-refractivity contribution in [3.05, 3.63) is 34.9 Å². The molecule has 0 spiro atoms. The third-order valence-electron chi connectivity index (χ3n) is 2.87. The summed E-state index contributed by atoms with van der Waals surface area (Å²) in [6, 6.07) is 7.67. The van der Waals surface area contributed by atoms with E-state index in [-0.39, 0.29) is 11.8 Å². The number of amides is 1. The maximum Gasteiger partial charge on any atom is 0.222 e. The lowest BCUT2D eigenvalue weighted by molar-refractivity contribution is -0.123. The quantitative estimate of drug-likeness (QED) is 0.426. The Kier molecular flexibility index (Phi) is 7.61. The average Bonchev–Trinajstić information content (AvgIpc) is 2.47. The molecule has 0 atom stereocenters. The van der Waals surface area contributed by atoms with E-state index in [1.807, 2.05) is 38.1 Å². The van der Waals surface area contributed by atoms with Gasteiger partial charge in [-0.3, -0.25) is 9.79 Å². The number of hydrogen-bond donors (Lipinski definition) is 3. The van der Waals surface area contributed by atoms with Crippen molar-refractivity contribution in [3.63, 3.8) is 0 Å². The zero-order chi connectivity index (χ0) is 15.7. The van der Waals surface area contributed by atoms with Gasteiger partial charge in [-0.15, -0.1) is 0 Å². The third kappa shape index (κ3) is 6.49. The first-order valence-electron chi connectivity index (χ1n) is 7.00. The van der Waals surface area contributed by atoms with Crippen molar-refractivity contribution in [3.8, 4) is 0 Å². The highest BCUT2D eigenvalue weighted by Gasteiger charge is 2.05. The lowest BCUT2D eigenvalue weighted by Crippen LogP contribution is -2.41. The van der Waals surface area contributed by atoms with Gasteiger partial charge in [-0.1, -0.05) is 43.6 Å². The molecule has 5 nitrogen and oxygen atoms in total. The largest absolute Gasteiger partial charge is 0.355 e. The van der Waals surface area contributed by atoms with Gasteiger partial charge < -0.3 is 16.0 Å². The van der Waals surface area contributed by atoms with Gasteiger partial charge in [0.25, 0.3) is 0 Å². The zero-order valence-electron chi connectivity index (χ0n) is 12.7. The summed E-state index contributed by atoms with van der Waals surface area (Å²) < 4.78 is 0. The molecule has 1 aromatic rings. The minimum Gasteiger partial charge on any atom is -0.355 e. The van der Waals surface area contributed by atoms with E-state index in [9.17, 15) is 4.79 Å². The molecular weight excluding hydrogens is 288 g/mol. The number of halogens is 1. The number of hydrogen-bond acceptors (Lipinski definition) is 2. The smallest absolute Gasteiger partial charge is 0.222 e. The number of nitrogens with zero attached hydrogens (tertiary/aromatic N) is 1. The molecule has 21 heavy (non-hydrogen) atoms. The molecule has 0 radical (unpaired) electrons. The summed E-state index contributed by atoms with van der Waals surface area (Å²) in [4.78, 5) is 15.5. The molecule has 0 fully saturated rings. The van der Waals surface area contributed by atoms with Crippen LogP contribution in [-0.2, 0) is 11.3 Å². The molecule has 0 aliphatic rings. The van der Waals surface area contributed by atoms with Crippen LogP contribution in [-0.4, -0.2) is 32.0 Å². The number of carbonyl (C=O) groups is 1. The van der Waals surface area contributed by atoms with Crippen molar-refractivity contribution in [1.82, 2.24) is 16.0 Å². The number of rotatable bonds is 6. The monoisotopic (exact) mass is 310 g/mol. The van der Waals surface area contributed by atoms with Crippen LogP contribution in [0.2, 0.25) is 5.02 Å². The Bertz CT molecular complexity index is 488. The number of nitrogens with one attached hydrogen (secondary N) is 3. The minimum absolute atomic E-state index is 0.00246. The zero-order valence-corrected chi connectivity index (χ0v) is 13.5. The van der Waals surface area contributed by atoms with Gasteiger partial charge in [0.1, 0.15) is 0 Å². The summed E-state index contributed by atoms with van der Waals surface area (Å²) in [5.74, 6) is 0.729. The molecule has 0 saturated heterocycles. The highest BCUT2D eigenvalue weighted by atomic mass is 35.5. The summed E-state index contributed by atoms with van der Waals surface area (Å²) in [7, 11) is 1.70. The lowest BCUT2D eigenvalue weighted by Gasteiger charge is -2.13. The Morgan fingerprint density at radius 2 is 1.86 bits per heavy atom. The second-order valence-corrected chi connectivity index (χ2v) is 5.30. The predicted molar refractivity (Wildman–Crippen MR) is 87.5 cm³/mol. The Morgan fingerprint density at radius 1 is 1.19 bits per heavy atom. The van der Waals surface area contributed by atoms with Gasteiger partial charge in [0.05, 0.1) is 0 Å². The minimum atomic E-state index is 0.00246. The van der Waals surface area contributed by atoms with Crippen molar-refractivity contribution in [2.45, 2.75) is 20.4 Å². The van der Waals surface area contributed by atoms with Gasteiger partial charge >= 0.3 is 0 Å². The molecule has 0 aliphatic carbocycles. The van der Waals surface area contributed by atoms with Crippen molar-refractivity contribution in [1.29, 1.82) is 0 Å². The van der Waals surface area contributed by atoms with Crippen LogP contribution < -0.4 is 16.0 Å². The van der Waals surface area contributed by atoms with Crippen LogP contribution in [0.5, 0.6) is 0 Å². The molecular formula is C15H23ClN4O. The van der Waals surface area contributed by atoms with Crippen molar-refractivity contribution in [2.24, 2.45) is 10.9 Å². The molecule has 0 aromatic heterocycles. The lowest BCUT2D eigenvalue weighted by atomic mass is 10.2. The predicted octanol–water partition coefficient (Wildman–Crippen LogP) is 1.78. The van der Waals surface area contributed by atoms with E-state index in [2.05, 4.69) is 20.9 Å². The number of aliphatic imine (C=N–C) groups is 1. The van der Waals surface area contributed by atoms with Crippen LogP contribution in [0.25, 0.3) is 0 Å². The molecule has 6 heteroatoms. The van der Waals surface area contributed by atoms with E-state index in [1.165, 1.54) is 0 Å². The van der Waals surface area contributed by atoms with Crippen LogP contribution in [0.3, 0.4) is 0 Å². The SMILES string of the molecule is CN=C(NCCNC(=O)C(C)C)NCc1ccccc1Cl. The molecule has 0 aliphatic heterocycles. The molecule has 3 N–H and O–H groups in total. The van der Waals surface area contributed by atoms with Crippen LogP contribution in [0.1, 0.15) is 19.4 Å². The fourth-order valence-electron chi connectivity index (χ4n) is 1.61. The molecule has 0 saturated carbocycles. The maximum atomic E-state index is 11.4. The maximum absolute atomic E-state index is 11.4. The van der Waals surface area contributed by atoms with E-state index in [1.54, 1.807) is 7.05 Å². The molecule has 0 heterocycles. The first-order valence-corrected chi connectivity index (χ1v) is 7.38. The summed E-state index contributed by atoms with van der Waals surface area (Å²) in [5, 5.41) is 9.88. The Hall–Kier alpha value is -1.75.